The average Bonchev–Trinajstić information content (AvgIpc) is 3.25. The molecule has 1 aromatic heterocycles. The second-order valence-corrected chi connectivity index (χ2v) is 9.71. The topological polar surface area (TPSA) is 71.1 Å². The number of hydrogen-bond donors (Lipinski definition) is 2. The van der Waals surface area contributed by atoms with Gasteiger partial charge in [-0.25, -0.2) is 4.98 Å². The zero-order valence-corrected chi connectivity index (χ0v) is 19.9. The Hall–Kier alpha value is -3.16. The van der Waals surface area contributed by atoms with Crippen molar-refractivity contribution in [1.82, 2.24) is 10.3 Å². The normalized spacial score (nSPS) is 11.8. The number of rotatable bonds is 9. The molecule has 168 valence electrons. The van der Waals surface area contributed by atoms with Crippen LogP contribution in [0.15, 0.2) is 78.9 Å². The van der Waals surface area contributed by atoms with Gasteiger partial charge in [-0.2, -0.15) is 11.8 Å². The smallest absolute Gasteiger partial charge is 0.251 e. The number of hydrogen-bond acceptors (Lipinski definition) is 5. The van der Waals surface area contributed by atoms with Crippen LogP contribution in [0.25, 0.3) is 10.2 Å². The highest BCUT2D eigenvalue weighted by atomic mass is 32.2. The van der Waals surface area contributed by atoms with Gasteiger partial charge in [0.25, 0.3) is 5.91 Å². The van der Waals surface area contributed by atoms with Crippen molar-refractivity contribution in [3.8, 4) is 0 Å². The molecule has 33 heavy (non-hydrogen) atoms. The standard InChI is InChI=1S/C26H25N3O2S2/c1-32-16-15-22(29-25(30)19-7-3-2-4-8-19)26(31)27-20-13-11-18(12-14-20)17-24-28-21-9-5-6-10-23(21)33-24/h2-14,22H,15-17H2,1H3,(H,27,31)(H,29,30). The first-order valence-corrected chi connectivity index (χ1v) is 12.9. The molecule has 2 N–H and O–H groups in total. The molecule has 1 heterocycles. The van der Waals surface area contributed by atoms with Gasteiger partial charge in [0.2, 0.25) is 5.91 Å². The van der Waals surface area contributed by atoms with Crippen LogP contribution in [-0.2, 0) is 11.2 Å². The number of amides is 2. The third-order valence-electron chi connectivity index (χ3n) is 5.18. The SMILES string of the molecule is CSCCC(NC(=O)c1ccccc1)C(=O)Nc1ccc(Cc2nc3ccccc3s2)cc1. The van der Waals surface area contributed by atoms with Crippen LogP contribution in [0.4, 0.5) is 5.69 Å². The van der Waals surface area contributed by atoms with Gasteiger partial charge >= 0.3 is 0 Å². The van der Waals surface area contributed by atoms with Crippen molar-refractivity contribution >= 4 is 50.8 Å². The predicted molar refractivity (Wildman–Crippen MR) is 138 cm³/mol. The Morgan fingerprint density at radius 1 is 0.970 bits per heavy atom. The van der Waals surface area contributed by atoms with E-state index < -0.39 is 6.04 Å². The van der Waals surface area contributed by atoms with E-state index in [1.165, 1.54) is 4.70 Å². The van der Waals surface area contributed by atoms with E-state index in [1.807, 2.05) is 66.9 Å². The van der Waals surface area contributed by atoms with Crippen molar-refractivity contribution in [1.29, 1.82) is 0 Å². The zero-order valence-electron chi connectivity index (χ0n) is 18.3. The second kappa shape index (κ2) is 11.1. The number of thioether (sulfide) groups is 1. The number of fused-ring (bicyclic) bond motifs is 1. The summed E-state index contributed by atoms with van der Waals surface area (Å²) in [5.41, 5.74) is 3.40. The van der Waals surface area contributed by atoms with Crippen LogP contribution < -0.4 is 10.6 Å². The van der Waals surface area contributed by atoms with Crippen LogP contribution in [-0.4, -0.2) is 34.8 Å². The highest BCUT2D eigenvalue weighted by molar-refractivity contribution is 7.98. The van der Waals surface area contributed by atoms with Crippen molar-refractivity contribution in [2.45, 2.75) is 18.9 Å². The number of anilines is 1. The predicted octanol–water partition coefficient (Wildman–Crippen LogP) is 5.38. The molecule has 1 atom stereocenters. The lowest BCUT2D eigenvalue weighted by molar-refractivity contribution is -0.118. The van der Waals surface area contributed by atoms with Gasteiger partial charge < -0.3 is 10.6 Å². The summed E-state index contributed by atoms with van der Waals surface area (Å²) >= 11 is 3.34. The Morgan fingerprint density at radius 2 is 1.70 bits per heavy atom. The van der Waals surface area contributed by atoms with E-state index in [9.17, 15) is 9.59 Å². The molecule has 7 heteroatoms. The molecule has 0 aliphatic carbocycles. The number of aromatic nitrogens is 1. The molecule has 0 fully saturated rings. The molecule has 1 unspecified atom stereocenters. The first-order valence-electron chi connectivity index (χ1n) is 10.7. The molecule has 3 aromatic carbocycles. The minimum atomic E-state index is -0.604. The summed E-state index contributed by atoms with van der Waals surface area (Å²) in [6.07, 6.45) is 3.29. The average molecular weight is 476 g/mol. The van der Waals surface area contributed by atoms with Gasteiger partial charge in [0.1, 0.15) is 6.04 Å². The van der Waals surface area contributed by atoms with Crippen molar-refractivity contribution in [3.05, 3.63) is 95.0 Å². The maximum absolute atomic E-state index is 12.9. The third kappa shape index (κ3) is 6.21. The Kier molecular flexibility index (Phi) is 7.75. The van der Waals surface area contributed by atoms with Gasteiger partial charge in [-0.15, -0.1) is 11.3 Å². The van der Waals surface area contributed by atoms with Crippen LogP contribution in [0, 0.1) is 0 Å². The fourth-order valence-corrected chi connectivity index (χ4v) is 4.91. The molecule has 5 nitrogen and oxygen atoms in total. The maximum atomic E-state index is 12.9. The minimum absolute atomic E-state index is 0.216. The van der Waals surface area contributed by atoms with Crippen molar-refractivity contribution < 1.29 is 9.59 Å². The molecule has 0 saturated carbocycles. The fourth-order valence-electron chi connectivity index (χ4n) is 3.44. The second-order valence-electron chi connectivity index (χ2n) is 7.61. The van der Waals surface area contributed by atoms with Crippen molar-refractivity contribution in [2.24, 2.45) is 0 Å². The lowest BCUT2D eigenvalue weighted by atomic mass is 10.1. The van der Waals surface area contributed by atoms with Crippen LogP contribution in [0.1, 0.15) is 27.3 Å². The number of para-hydroxylation sites is 1. The molecule has 0 aliphatic heterocycles. The van der Waals surface area contributed by atoms with Crippen LogP contribution in [0.5, 0.6) is 0 Å². The quantitative estimate of drug-likeness (QED) is 0.341. The summed E-state index contributed by atoms with van der Waals surface area (Å²) in [4.78, 5) is 30.2. The summed E-state index contributed by atoms with van der Waals surface area (Å²) in [6.45, 7) is 0. The van der Waals surface area contributed by atoms with Crippen LogP contribution in [0.3, 0.4) is 0 Å². The lowest BCUT2D eigenvalue weighted by Crippen LogP contribution is -2.44. The highest BCUT2D eigenvalue weighted by Gasteiger charge is 2.21. The molecule has 4 aromatic rings. The molecule has 0 radical (unpaired) electrons. The Morgan fingerprint density at radius 3 is 2.42 bits per heavy atom. The Bertz CT molecular complexity index is 1190. The number of benzene rings is 3. The first kappa shape index (κ1) is 23.0. The molecule has 0 saturated heterocycles. The van der Waals surface area contributed by atoms with E-state index in [-0.39, 0.29) is 11.8 Å². The molecule has 0 spiro atoms. The number of nitrogens with one attached hydrogen (secondary N) is 2. The fraction of sp³-hybridized carbons (Fsp3) is 0.192. The van der Waals surface area contributed by atoms with E-state index in [4.69, 9.17) is 0 Å². The van der Waals surface area contributed by atoms with Gasteiger partial charge in [-0.3, -0.25) is 9.59 Å². The minimum Gasteiger partial charge on any atom is -0.340 e. The van der Waals surface area contributed by atoms with E-state index in [0.29, 0.717) is 17.7 Å². The van der Waals surface area contributed by atoms with Gasteiger partial charge in [-0.1, -0.05) is 42.5 Å². The molecule has 0 bridgehead atoms. The summed E-state index contributed by atoms with van der Waals surface area (Å²) in [7, 11) is 0. The Labute approximate surface area is 201 Å². The lowest BCUT2D eigenvalue weighted by Gasteiger charge is -2.18. The summed E-state index contributed by atoms with van der Waals surface area (Å²) in [6, 6.07) is 24.3. The van der Waals surface area contributed by atoms with Crippen LogP contribution >= 0.6 is 23.1 Å². The Balaban J connectivity index is 1.39. The zero-order chi connectivity index (χ0) is 23.0. The molecule has 4 rings (SSSR count). The number of carbonyl (C=O) groups is 2. The van der Waals surface area contributed by atoms with Gasteiger partial charge in [0.05, 0.1) is 15.2 Å². The number of thiazole rings is 1. The largest absolute Gasteiger partial charge is 0.340 e. The van der Waals surface area contributed by atoms with E-state index >= 15 is 0 Å². The molecular weight excluding hydrogens is 450 g/mol. The van der Waals surface area contributed by atoms with Crippen LogP contribution in [0.2, 0.25) is 0 Å². The van der Waals surface area contributed by atoms with E-state index in [0.717, 1.165) is 28.3 Å². The summed E-state index contributed by atoms with van der Waals surface area (Å²) in [5, 5.41) is 6.88. The summed E-state index contributed by atoms with van der Waals surface area (Å²) < 4.78 is 1.19. The first-order chi connectivity index (χ1) is 16.1. The van der Waals surface area contributed by atoms with Crippen molar-refractivity contribution in [3.63, 3.8) is 0 Å². The van der Waals surface area contributed by atoms with Gasteiger partial charge in [0.15, 0.2) is 0 Å². The molecule has 2 amide bonds. The summed E-state index contributed by atoms with van der Waals surface area (Å²) in [5.74, 6) is 0.309. The van der Waals surface area contributed by atoms with E-state index in [1.54, 1.807) is 35.2 Å². The number of nitrogens with zero attached hydrogens (tertiary/aromatic N) is 1. The number of carbonyl (C=O) groups excluding carboxylic acids is 2. The molecule has 0 aliphatic rings. The van der Waals surface area contributed by atoms with Crippen molar-refractivity contribution in [2.75, 3.05) is 17.3 Å². The highest BCUT2D eigenvalue weighted by Crippen LogP contribution is 2.24. The molecular formula is C26H25N3O2S2. The van der Waals surface area contributed by atoms with Gasteiger partial charge in [-0.05, 0) is 60.4 Å². The van der Waals surface area contributed by atoms with Gasteiger partial charge in [0, 0.05) is 17.7 Å². The maximum Gasteiger partial charge on any atom is 0.251 e. The third-order valence-corrected chi connectivity index (χ3v) is 6.86. The monoisotopic (exact) mass is 475 g/mol. The van der Waals surface area contributed by atoms with E-state index in [2.05, 4.69) is 21.7 Å².